The summed E-state index contributed by atoms with van der Waals surface area (Å²) in [5.74, 6) is -1.52. The minimum absolute atomic E-state index is 0.229. The molecule has 0 aromatic heterocycles. The average molecular weight is 288 g/mol. The van der Waals surface area contributed by atoms with E-state index in [9.17, 15) is 13.6 Å². The third kappa shape index (κ3) is 3.90. The third-order valence-corrected chi connectivity index (χ3v) is 3.94. The van der Waals surface area contributed by atoms with Gasteiger partial charge in [-0.3, -0.25) is 4.79 Å². The molecule has 0 atom stereocenters. The Bertz CT molecular complexity index is 459. The molecule has 0 unspecified atom stereocenters. The molecule has 0 heterocycles. The van der Waals surface area contributed by atoms with Gasteiger partial charge in [0.15, 0.2) is 0 Å². The highest BCUT2D eigenvalue weighted by molar-refractivity contribution is 6.20. The summed E-state index contributed by atoms with van der Waals surface area (Å²) in [6.07, 6.45) is 3.80. The monoisotopic (exact) mass is 287 g/mol. The van der Waals surface area contributed by atoms with Gasteiger partial charge in [-0.05, 0) is 49.8 Å². The number of halogens is 3. The number of rotatable bonds is 3. The van der Waals surface area contributed by atoms with Crippen molar-refractivity contribution >= 4 is 17.5 Å². The first-order valence-corrected chi connectivity index (χ1v) is 6.87. The summed E-state index contributed by atoms with van der Waals surface area (Å²) in [6, 6.07) is 2.87. The second kappa shape index (κ2) is 6.33. The van der Waals surface area contributed by atoms with Gasteiger partial charge in [0.25, 0.3) is 5.91 Å². The number of nitrogens with one attached hydrogen (secondary N) is 1. The SMILES string of the molecule is O=C(NCC1CCC(Cl)CC1)c1cc(F)ccc1F. The minimum Gasteiger partial charge on any atom is -0.352 e. The Balaban J connectivity index is 1.89. The molecule has 1 N–H and O–H groups in total. The van der Waals surface area contributed by atoms with E-state index in [0.29, 0.717) is 12.5 Å². The number of benzene rings is 1. The Morgan fingerprint density at radius 2 is 1.95 bits per heavy atom. The first kappa shape index (κ1) is 14.3. The van der Waals surface area contributed by atoms with Crippen LogP contribution in [0.15, 0.2) is 18.2 Å². The molecule has 1 aliphatic carbocycles. The summed E-state index contributed by atoms with van der Waals surface area (Å²) in [7, 11) is 0. The molecule has 104 valence electrons. The quantitative estimate of drug-likeness (QED) is 0.847. The standard InChI is InChI=1S/C14H16ClF2NO/c15-10-3-1-9(2-4-10)8-18-14(19)12-7-11(16)5-6-13(12)17/h5-7,9-10H,1-4,8H2,(H,18,19). The fourth-order valence-electron chi connectivity index (χ4n) is 2.33. The molecule has 5 heteroatoms. The maximum Gasteiger partial charge on any atom is 0.254 e. The van der Waals surface area contributed by atoms with Crippen molar-refractivity contribution < 1.29 is 13.6 Å². The van der Waals surface area contributed by atoms with Crippen LogP contribution in [-0.2, 0) is 0 Å². The molecular formula is C14H16ClF2NO. The van der Waals surface area contributed by atoms with Crippen molar-refractivity contribution in [2.45, 2.75) is 31.1 Å². The van der Waals surface area contributed by atoms with Crippen molar-refractivity contribution in [2.24, 2.45) is 5.92 Å². The van der Waals surface area contributed by atoms with Gasteiger partial charge in [-0.1, -0.05) is 0 Å². The number of amides is 1. The molecule has 1 fully saturated rings. The van der Waals surface area contributed by atoms with E-state index in [0.717, 1.165) is 43.9 Å². The van der Waals surface area contributed by atoms with Crippen molar-refractivity contribution in [1.29, 1.82) is 0 Å². The molecule has 1 aromatic carbocycles. The number of hydrogen-bond acceptors (Lipinski definition) is 1. The molecule has 1 amide bonds. The summed E-state index contributed by atoms with van der Waals surface area (Å²) in [5.41, 5.74) is -0.244. The van der Waals surface area contributed by atoms with Crippen molar-refractivity contribution in [3.8, 4) is 0 Å². The van der Waals surface area contributed by atoms with E-state index in [2.05, 4.69) is 5.32 Å². The maximum atomic E-state index is 13.4. The highest BCUT2D eigenvalue weighted by Gasteiger charge is 2.20. The lowest BCUT2D eigenvalue weighted by atomic mass is 9.89. The van der Waals surface area contributed by atoms with E-state index >= 15 is 0 Å². The fraction of sp³-hybridized carbons (Fsp3) is 0.500. The van der Waals surface area contributed by atoms with Crippen LogP contribution >= 0.6 is 11.6 Å². The van der Waals surface area contributed by atoms with Crippen molar-refractivity contribution in [3.63, 3.8) is 0 Å². The predicted octanol–water partition coefficient (Wildman–Crippen LogP) is 3.49. The van der Waals surface area contributed by atoms with Crippen molar-refractivity contribution in [2.75, 3.05) is 6.54 Å². The first-order chi connectivity index (χ1) is 9.06. The Morgan fingerprint density at radius 1 is 1.26 bits per heavy atom. The zero-order chi connectivity index (χ0) is 13.8. The topological polar surface area (TPSA) is 29.1 Å². The molecule has 0 bridgehead atoms. The van der Waals surface area contributed by atoms with Gasteiger partial charge >= 0.3 is 0 Å². The Kier molecular flexibility index (Phi) is 4.75. The summed E-state index contributed by atoms with van der Waals surface area (Å²) < 4.78 is 26.4. The smallest absolute Gasteiger partial charge is 0.254 e. The average Bonchev–Trinajstić information content (AvgIpc) is 2.40. The number of carbonyl (C=O) groups excluding carboxylic acids is 1. The first-order valence-electron chi connectivity index (χ1n) is 6.43. The summed E-state index contributed by atoms with van der Waals surface area (Å²) in [4.78, 5) is 11.8. The summed E-state index contributed by atoms with van der Waals surface area (Å²) >= 11 is 6.00. The molecule has 1 aliphatic rings. The van der Waals surface area contributed by atoms with E-state index < -0.39 is 17.5 Å². The molecular weight excluding hydrogens is 272 g/mol. The summed E-state index contributed by atoms with van der Waals surface area (Å²) in [5, 5.41) is 2.89. The van der Waals surface area contributed by atoms with Gasteiger partial charge in [0.05, 0.1) is 5.56 Å². The largest absolute Gasteiger partial charge is 0.352 e. The zero-order valence-electron chi connectivity index (χ0n) is 10.5. The predicted molar refractivity (Wildman–Crippen MR) is 70.3 cm³/mol. The number of alkyl halides is 1. The summed E-state index contributed by atoms with van der Waals surface area (Å²) in [6.45, 7) is 0.485. The lowest BCUT2D eigenvalue weighted by molar-refractivity contribution is 0.0939. The van der Waals surface area contributed by atoms with Gasteiger partial charge in [0.2, 0.25) is 0 Å². The molecule has 0 saturated heterocycles. The second-order valence-corrected chi connectivity index (χ2v) is 5.57. The number of carbonyl (C=O) groups is 1. The highest BCUT2D eigenvalue weighted by atomic mass is 35.5. The Morgan fingerprint density at radius 3 is 2.63 bits per heavy atom. The van der Waals surface area contributed by atoms with Crippen LogP contribution in [0.25, 0.3) is 0 Å². The van der Waals surface area contributed by atoms with E-state index in [1.54, 1.807) is 0 Å². The van der Waals surface area contributed by atoms with Gasteiger partial charge in [0, 0.05) is 11.9 Å². The molecule has 1 aromatic rings. The normalized spacial score (nSPS) is 23.1. The van der Waals surface area contributed by atoms with E-state index in [4.69, 9.17) is 11.6 Å². The van der Waals surface area contributed by atoms with Crippen LogP contribution in [0.3, 0.4) is 0 Å². The third-order valence-electron chi connectivity index (χ3n) is 3.50. The van der Waals surface area contributed by atoms with Gasteiger partial charge in [-0.15, -0.1) is 11.6 Å². The molecule has 1 saturated carbocycles. The number of hydrogen-bond donors (Lipinski definition) is 1. The molecule has 19 heavy (non-hydrogen) atoms. The van der Waals surface area contributed by atoms with Crippen LogP contribution in [0.2, 0.25) is 0 Å². The van der Waals surface area contributed by atoms with Gasteiger partial charge in [-0.25, -0.2) is 8.78 Å². The molecule has 0 spiro atoms. The van der Waals surface area contributed by atoms with Crippen LogP contribution in [0.4, 0.5) is 8.78 Å². The van der Waals surface area contributed by atoms with Gasteiger partial charge in [-0.2, -0.15) is 0 Å². The van der Waals surface area contributed by atoms with Crippen LogP contribution in [-0.4, -0.2) is 17.8 Å². The van der Waals surface area contributed by atoms with E-state index in [-0.39, 0.29) is 10.9 Å². The Hall–Kier alpha value is -1.16. The van der Waals surface area contributed by atoms with Gasteiger partial charge in [0.1, 0.15) is 11.6 Å². The fourth-order valence-corrected chi connectivity index (χ4v) is 2.58. The van der Waals surface area contributed by atoms with Crippen LogP contribution in [0, 0.1) is 17.6 Å². The zero-order valence-corrected chi connectivity index (χ0v) is 11.2. The molecule has 0 aliphatic heterocycles. The van der Waals surface area contributed by atoms with Crippen LogP contribution in [0.1, 0.15) is 36.0 Å². The molecule has 2 rings (SSSR count). The molecule has 2 nitrogen and oxygen atoms in total. The Labute approximate surface area is 116 Å². The lowest BCUT2D eigenvalue weighted by Gasteiger charge is -2.25. The second-order valence-electron chi connectivity index (χ2n) is 4.95. The van der Waals surface area contributed by atoms with E-state index in [1.165, 1.54) is 0 Å². The van der Waals surface area contributed by atoms with Crippen molar-refractivity contribution in [1.82, 2.24) is 5.32 Å². The van der Waals surface area contributed by atoms with Crippen LogP contribution in [0.5, 0.6) is 0 Å². The van der Waals surface area contributed by atoms with E-state index in [1.807, 2.05) is 0 Å². The van der Waals surface area contributed by atoms with Gasteiger partial charge < -0.3 is 5.32 Å². The lowest BCUT2D eigenvalue weighted by Crippen LogP contribution is -2.32. The molecule has 0 radical (unpaired) electrons. The highest BCUT2D eigenvalue weighted by Crippen LogP contribution is 2.27. The maximum absolute atomic E-state index is 13.4. The van der Waals surface area contributed by atoms with Crippen molar-refractivity contribution in [3.05, 3.63) is 35.4 Å². The minimum atomic E-state index is -0.705. The van der Waals surface area contributed by atoms with Crippen LogP contribution < -0.4 is 5.32 Å².